The van der Waals surface area contributed by atoms with Gasteiger partial charge in [0.1, 0.15) is 0 Å². The molecule has 0 aromatic carbocycles. The molecular formula is C6H5F3O2. The molecule has 0 N–H and O–H groups in total. The predicted octanol–water partition coefficient (Wildman–Crippen LogP) is 1.63. The number of carbonyl (C=O) groups excluding carboxylic acids is 1. The molecule has 0 fully saturated rings. The van der Waals surface area contributed by atoms with Crippen molar-refractivity contribution in [3.05, 3.63) is 12.3 Å². The molecule has 0 spiro atoms. The van der Waals surface area contributed by atoms with Crippen LogP contribution in [0.2, 0.25) is 0 Å². The number of carbonyl (C=O) groups is 1. The van der Waals surface area contributed by atoms with Crippen LogP contribution in [0.3, 0.4) is 0 Å². The molecule has 62 valence electrons. The zero-order valence-electron chi connectivity index (χ0n) is 5.39. The Bertz CT molecular complexity index is 194. The van der Waals surface area contributed by atoms with Crippen molar-refractivity contribution in [2.45, 2.75) is 12.6 Å². The number of halogens is 3. The maximum atomic E-state index is 11.9. The minimum Gasteiger partial charge on any atom is -0.434 e. The van der Waals surface area contributed by atoms with Crippen LogP contribution in [0.4, 0.5) is 13.2 Å². The molecule has 1 aliphatic heterocycles. The highest BCUT2D eigenvalue weighted by Crippen LogP contribution is 2.31. The van der Waals surface area contributed by atoms with E-state index in [0.717, 1.165) is 6.26 Å². The lowest BCUT2D eigenvalue weighted by Crippen LogP contribution is -2.32. The standard InChI is InChI=1S/C6H5F3O2/c7-6(8,9)4-2-1-3-11-5(4)10/h1,3-4H,2H2. The molecule has 5 heteroatoms. The molecule has 1 aliphatic rings. The van der Waals surface area contributed by atoms with Gasteiger partial charge in [0.25, 0.3) is 0 Å². The molecule has 1 atom stereocenters. The average Bonchev–Trinajstić information content (AvgIpc) is 1.86. The Hall–Kier alpha value is -1.00. The summed E-state index contributed by atoms with van der Waals surface area (Å²) in [6.45, 7) is 0. The molecule has 0 bridgehead atoms. The van der Waals surface area contributed by atoms with Gasteiger partial charge in [-0.2, -0.15) is 13.2 Å². The fourth-order valence-corrected chi connectivity index (χ4v) is 0.752. The highest BCUT2D eigenvalue weighted by molar-refractivity contribution is 5.74. The maximum absolute atomic E-state index is 11.9. The Labute approximate surface area is 60.6 Å². The SMILES string of the molecule is O=C1OC=CCC1C(F)(F)F. The second-order valence-corrected chi connectivity index (χ2v) is 2.14. The summed E-state index contributed by atoms with van der Waals surface area (Å²) in [5.41, 5.74) is 0. The van der Waals surface area contributed by atoms with Crippen LogP contribution in [-0.2, 0) is 9.53 Å². The van der Waals surface area contributed by atoms with Gasteiger partial charge in [-0.05, 0) is 12.5 Å². The molecule has 0 radical (unpaired) electrons. The Kier molecular flexibility index (Phi) is 1.89. The largest absolute Gasteiger partial charge is 0.434 e. The van der Waals surface area contributed by atoms with Crippen LogP contribution < -0.4 is 0 Å². The monoisotopic (exact) mass is 166 g/mol. The van der Waals surface area contributed by atoms with Crippen molar-refractivity contribution >= 4 is 5.97 Å². The maximum Gasteiger partial charge on any atom is 0.402 e. The first-order valence-electron chi connectivity index (χ1n) is 2.94. The Balaban J connectivity index is 2.72. The molecular weight excluding hydrogens is 161 g/mol. The van der Waals surface area contributed by atoms with Crippen molar-refractivity contribution in [1.29, 1.82) is 0 Å². The van der Waals surface area contributed by atoms with Crippen LogP contribution in [0.1, 0.15) is 6.42 Å². The molecule has 1 rings (SSSR count). The quantitative estimate of drug-likeness (QED) is 0.511. The summed E-state index contributed by atoms with van der Waals surface area (Å²) in [6, 6.07) is 0. The number of rotatable bonds is 0. The molecule has 0 saturated heterocycles. The summed E-state index contributed by atoms with van der Waals surface area (Å²) in [7, 11) is 0. The van der Waals surface area contributed by atoms with Gasteiger partial charge in [-0.15, -0.1) is 0 Å². The lowest BCUT2D eigenvalue weighted by molar-refractivity contribution is -0.195. The molecule has 0 aromatic rings. The summed E-state index contributed by atoms with van der Waals surface area (Å²) in [5, 5.41) is 0. The third-order valence-electron chi connectivity index (χ3n) is 1.33. The van der Waals surface area contributed by atoms with Gasteiger partial charge in [0.15, 0.2) is 5.92 Å². The van der Waals surface area contributed by atoms with E-state index in [9.17, 15) is 18.0 Å². The number of alkyl halides is 3. The van der Waals surface area contributed by atoms with Gasteiger partial charge in [0.2, 0.25) is 0 Å². The lowest BCUT2D eigenvalue weighted by Gasteiger charge is -2.18. The summed E-state index contributed by atoms with van der Waals surface area (Å²) >= 11 is 0. The van der Waals surface area contributed by atoms with Crippen LogP contribution in [-0.4, -0.2) is 12.1 Å². The van der Waals surface area contributed by atoms with Crippen molar-refractivity contribution in [1.82, 2.24) is 0 Å². The van der Waals surface area contributed by atoms with Crippen LogP contribution in [0.5, 0.6) is 0 Å². The fraction of sp³-hybridized carbons (Fsp3) is 0.500. The number of hydrogen-bond donors (Lipinski definition) is 0. The minimum absolute atomic E-state index is 0.317. The Morgan fingerprint density at radius 3 is 2.55 bits per heavy atom. The van der Waals surface area contributed by atoms with E-state index < -0.39 is 18.1 Å². The first kappa shape index (κ1) is 8.10. The smallest absolute Gasteiger partial charge is 0.402 e. The lowest BCUT2D eigenvalue weighted by atomic mass is 10.0. The van der Waals surface area contributed by atoms with Gasteiger partial charge in [0, 0.05) is 0 Å². The molecule has 11 heavy (non-hydrogen) atoms. The van der Waals surface area contributed by atoms with Gasteiger partial charge >= 0.3 is 12.1 Å². The van der Waals surface area contributed by atoms with Gasteiger partial charge in [-0.25, -0.2) is 0 Å². The van der Waals surface area contributed by atoms with Gasteiger partial charge in [-0.3, -0.25) is 4.79 Å². The van der Waals surface area contributed by atoms with Gasteiger partial charge in [-0.1, -0.05) is 0 Å². The summed E-state index contributed by atoms with van der Waals surface area (Å²) in [6.07, 6.45) is -2.64. The van der Waals surface area contributed by atoms with E-state index in [0.29, 0.717) is 0 Å². The third kappa shape index (κ3) is 1.72. The number of cyclic esters (lactones) is 1. The molecule has 1 heterocycles. The van der Waals surface area contributed by atoms with E-state index in [4.69, 9.17) is 0 Å². The van der Waals surface area contributed by atoms with E-state index >= 15 is 0 Å². The van der Waals surface area contributed by atoms with Crippen LogP contribution in [0, 0.1) is 5.92 Å². The first-order chi connectivity index (χ1) is 5.02. The zero-order chi connectivity index (χ0) is 8.48. The number of allylic oxidation sites excluding steroid dienone is 1. The van der Waals surface area contributed by atoms with Crippen molar-refractivity contribution in [2.24, 2.45) is 5.92 Å². The topological polar surface area (TPSA) is 26.3 Å². The van der Waals surface area contributed by atoms with Gasteiger partial charge < -0.3 is 4.74 Å². The van der Waals surface area contributed by atoms with Crippen molar-refractivity contribution in [3.63, 3.8) is 0 Å². The zero-order valence-corrected chi connectivity index (χ0v) is 5.39. The molecule has 0 aliphatic carbocycles. The van der Waals surface area contributed by atoms with E-state index in [1.807, 2.05) is 0 Å². The van der Waals surface area contributed by atoms with Crippen molar-refractivity contribution in [3.8, 4) is 0 Å². The number of hydrogen-bond acceptors (Lipinski definition) is 2. The molecule has 0 aromatic heterocycles. The molecule has 1 unspecified atom stereocenters. The first-order valence-corrected chi connectivity index (χ1v) is 2.94. The van der Waals surface area contributed by atoms with E-state index in [1.165, 1.54) is 6.08 Å². The van der Waals surface area contributed by atoms with E-state index in [2.05, 4.69) is 4.74 Å². The summed E-state index contributed by atoms with van der Waals surface area (Å²) < 4.78 is 39.6. The van der Waals surface area contributed by atoms with Gasteiger partial charge in [0.05, 0.1) is 6.26 Å². The summed E-state index contributed by atoms with van der Waals surface area (Å²) in [4.78, 5) is 10.4. The van der Waals surface area contributed by atoms with Crippen LogP contribution in [0.25, 0.3) is 0 Å². The number of ether oxygens (including phenoxy) is 1. The Morgan fingerprint density at radius 2 is 2.18 bits per heavy atom. The highest BCUT2D eigenvalue weighted by Gasteiger charge is 2.45. The summed E-state index contributed by atoms with van der Waals surface area (Å²) in [5.74, 6) is -3.20. The third-order valence-corrected chi connectivity index (χ3v) is 1.33. The van der Waals surface area contributed by atoms with Crippen LogP contribution in [0.15, 0.2) is 12.3 Å². The highest BCUT2D eigenvalue weighted by atomic mass is 19.4. The predicted molar refractivity (Wildman–Crippen MR) is 29.4 cm³/mol. The minimum atomic E-state index is -4.48. The fourth-order valence-electron chi connectivity index (χ4n) is 0.752. The molecule has 0 amide bonds. The van der Waals surface area contributed by atoms with E-state index in [1.54, 1.807) is 0 Å². The van der Waals surface area contributed by atoms with Crippen molar-refractivity contribution < 1.29 is 22.7 Å². The number of esters is 1. The van der Waals surface area contributed by atoms with E-state index in [-0.39, 0.29) is 6.42 Å². The molecule has 2 nitrogen and oxygen atoms in total. The average molecular weight is 166 g/mol. The van der Waals surface area contributed by atoms with Crippen LogP contribution >= 0.6 is 0 Å². The second kappa shape index (κ2) is 2.56. The Morgan fingerprint density at radius 1 is 1.55 bits per heavy atom. The molecule has 0 saturated carbocycles. The second-order valence-electron chi connectivity index (χ2n) is 2.14. The van der Waals surface area contributed by atoms with Crippen molar-refractivity contribution in [2.75, 3.05) is 0 Å². The normalized spacial score (nSPS) is 25.0.